The number of halogens is 1. The second-order valence-electron chi connectivity index (χ2n) is 4.48. The van der Waals surface area contributed by atoms with Gasteiger partial charge in [-0.15, -0.1) is 0 Å². The quantitative estimate of drug-likeness (QED) is 0.837. The number of sulfonamides is 1. The van der Waals surface area contributed by atoms with E-state index in [9.17, 15) is 8.42 Å². The van der Waals surface area contributed by atoms with Crippen molar-refractivity contribution >= 4 is 21.6 Å². The molecule has 0 aliphatic carbocycles. The Bertz CT molecular complexity index is 551. The summed E-state index contributed by atoms with van der Waals surface area (Å²) in [7, 11) is -3.72. The molecule has 0 atom stereocenters. The molecule has 0 radical (unpaired) electrons. The fraction of sp³-hybridized carbons (Fsp3) is 0.400. The Morgan fingerprint density at radius 1 is 1.44 bits per heavy atom. The highest BCUT2D eigenvalue weighted by Crippen LogP contribution is 2.41. The molecule has 4 nitrogen and oxygen atoms in total. The van der Waals surface area contributed by atoms with Gasteiger partial charge >= 0.3 is 0 Å². The van der Waals surface area contributed by atoms with E-state index in [2.05, 4.69) is 0 Å². The maximum absolute atomic E-state index is 11.2. The number of rotatable bonds is 1. The molecule has 1 aliphatic rings. The summed E-state index contributed by atoms with van der Waals surface area (Å²) in [4.78, 5) is 0.0255. The highest BCUT2D eigenvalue weighted by atomic mass is 35.5. The lowest BCUT2D eigenvalue weighted by Crippen LogP contribution is -2.24. The van der Waals surface area contributed by atoms with E-state index in [1.807, 2.05) is 13.8 Å². The molecule has 0 unspecified atom stereocenters. The van der Waals surface area contributed by atoms with E-state index >= 15 is 0 Å². The Hall–Kier alpha value is -0.780. The lowest BCUT2D eigenvalue weighted by Gasteiger charge is -2.17. The van der Waals surface area contributed by atoms with Crippen LogP contribution in [0.2, 0.25) is 5.02 Å². The number of hydrogen-bond donors (Lipinski definition) is 1. The largest absolute Gasteiger partial charge is 0.486 e. The molecule has 2 N–H and O–H groups in total. The van der Waals surface area contributed by atoms with Crippen LogP contribution in [0.4, 0.5) is 0 Å². The number of hydrogen-bond acceptors (Lipinski definition) is 3. The fourth-order valence-electron chi connectivity index (χ4n) is 1.80. The number of fused-ring (bicyclic) bond motifs is 1. The highest BCUT2D eigenvalue weighted by Gasteiger charge is 2.32. The zero-order valence-electron chi connectivity index (χ0n) is 8.95. The first kappa shape index (κ1) is 11.7. The summed E-state index contributed by atoms with van der Waals surface area (Å²) in [6.45, 7) is 3.83. The van der Waals surface area contributed by atoms with E-state index in [4.69, 9.17) is 21.5 Å². The van der Waals surface area contributed by atoms with Crippen LogP contribution >= 0.6 is 11.6 Å². The Morgan fingerprint density at radius 2 is 2.06 bits per heavy atom. The van der Waals surface area contributed by atoms with E-state index in [1.54, 1.807) is 0 Å². The SMILES string of the molecule is CC1(C)Cc2cc(S(N)(=O)=O)cc(Cl)c2O1. The Kier molecular flexibility index (Phi) is 2.45. The molecular weight excluding hydrogens is 250 g/mol. The van der Waals surface area contributed by atoms with Gasteiger partial charge in [-0.3, -0.25) is 0 Å². The van der Waals surface area contributed by atoms with Crippen LogP contribution in [0.3, 0.4) is 0 Å². The van der Waals surface area contributed by atoms with E-state index in [0.717, 1.165) is 5.56 Å². The Balaban J connectivity index is 2.59. The van der Waals surface area contributed by atoms with Crippen molar-refractivity contribution in [3.63, 3.8) is 0 Å². The molecule has 0 aromatic heterocycles. The average molecular weight is 262 g/mol. The van der Waals surface area contributed by atoms with E-state index in [-0.39, 0.29) is 15.5 Å². The lowest BCUT2D eigenvalue weighted by atomic mass is 10.0. The van der Waals surface area contributed by atoms with Crippen molar-refractivity contribution in [3.05, 3.63) is 22.7 Å². The van der Waals surface area contributed by atoms with Crippen LogP contribution in [0.5, 0.6) is 5.75 Å². The number of primary sulfonamides is 1. The minimum atomic E-state index is -3.72. The van der Waals surface area contributed by atoms with Gasteiger partial charge in [-0.25, -0.2) is 13.6 Å². The molecule has 0 spiro atoms. The van der Waals surface area contributed by atoms with E-state index in [0.29, 0.717) is 12.2 Å². The molecule has 0 saturated heterocycles. The monoisotopic (exact) mass is 261 g/mol. The van der Waals surface area contributed by atoms with Crippen LogP contribution in [0.1, 0.15) is 19.4 Å². The number of nitrogens with two attached hydrogens (primary N) is 1. The second kappa shape index (κ2) is 3.35. The van der Waals surface area contributed by atoms with Gasteiger partial charge in [0, 0.05) is 12.0 Å². The zero-order chi connectivity index (χ0) is 12.1. The van der Waals surface area contributed by atoms with Crippen LogP contribution in [-0.2, 0) is 16.4 Å². The normalized spacial score (nSPS) is 18.0. The molecule has 2 rings (SSSR count). The Morgan fingerprint density at radius 3 is 2.62 bits per heavy atom. The van der Waals surface area contributed by atoms with Gasteiger partial charge < -0.3 is 4.74 Å². The van der Waals surface area contributed by atoms with Crippen molar-refractivity contribution in [1.82, 2.24) is 0 Å². The topological polar surface area (TPSA) is 69.4 Å². The molecular formula is C10H12ClNO3S. The van der Waals surface area contributed by atoms with E-state index < -0.39 is 10.0 Å². The maximum Gasteiger partial charge on any atom is 0.238 e. The first-order valence-electron chi connectivity index (χ1n) is 4.73. The highest BCUT2D eigenvalue weighted by molar-refractivity contribution is 7.89. The Labute approximate surface area is 99.4 Å². The van der Waals surface area contributed by atoms with Crippen molar-refractivity contribution < 1.29 is 13.2 Å². The lowest BCUT2D eigenvalue weighted by molar-refractivity contribution is 0.138. The molecule has 6 heteroatoms. The first-order valence-corrected chi connectivity index (χ1v) is 6.66. The van der Waals surface area contributed by atoms with Gasteiger partial charge in [-0.1, -0.05) is 11.6 Å². The summed E-state index contributed by atoms with van der Waals surface area (Å²) in [5.41, 5.74) is 0.421. The van der Waals surface area contributed by atoms with Gasteiger partial charge in [0.1, 0.15) is 11.4 Å². The number of benzene rings is 1. The summed E-state index contributed by atoms with van der Waals surface area (Å²) in [6.07, 6.45) is 0.616. The van der Waals surface area contributed by atoms with Crippen LogP contribution in [-0.4, -0.2) is 14.0 Å². The van der Waals surface area contributed by atoms with Crippen molar-refractivity contribution in [3.8, 4) is 5.75 Å². The predicted octanol–water partition coefficient (Wildman–Crippen LogP) is 1.70. The van der Waals surface area contributed by atoms with Gasteiger partial charge in [0.05, 0.1) is 9.92 Å². The van der Waals surface area contributed by atoms with Crippen LogP contribution in [0, 0.1) is 0 Å². The molecule has 0 saturated carbocycles. The van der Waals surface area contributed by atoms with Crippen molar-refractivity contribution in [2.75, 3.05) is 0 Å². The summed E-state index contributed by atoms with van der Waals surface area (Å²) in [5.74, 6) is 0.555. The third-order valence-corrected chi connectivity index (χ3v) is 3.59. The molecule has 1 aromatic rings. The second-order valence-corrected chi connectivity index (χ2v) is 6.45. The van der Waals surface area contributed by atoms with Gasteiger partial charge in [0.25, 0.3) is 0 Å². The average Bonchev–Trinajstić information content (AvgIpc) is 2.38. The van der Waals surface area contributed by atoms with Gasteiger partial charge in [0.15, 0.2) is 0 Å². The van der Waals surface area contributed by atoms with Crippen molar-refractivity contribution in [2.24, 2.45) is 5.14 Å². The van der Waals surface area contributed by atoms with Crippen molar-refractivity contribution in [2.45, 2.75) is 30.8 Å². The molecule has 1 heterocycles. The third-order valence-electron chi connectivity index (χ3n) is 2.42. The summed E-state index contributed by atoms with van der Waals surface area (Å²) in [6, 6.07) is 2.84. The molecule has 1 aromatic carbocycles. The molecule has 16 heavy (non-hydrogen) atoms. The fourth-order valence-corrected chi connectivity index (χ4v) is 2.73. The molecule has 0 fully saturated rings. The van der Waals surface area contributed by atoms with Crippen LogP contribution in [0.25, 0.3) is 0 Å². The van der Waals surface area contributed by atoms with Crippen molar-refractivity contribution in [1.29, 1.82) is 0 Å². The van der Waals surface area contributed by atoms with E-state index in [1.165, 1.54) is 12.1 Å². The molecule has 88 valence electrons. The summed E-state index contributed by atoms with van der Waals surface area (Å²) < 4.78 is 28.1. The first-order chi connectivity index (χ1) is 7.19. The standard InChI is InChI=1S/C10H12ClNO3S/c1-10(2)5-6-3-7(16(12,13)14)4-8(11)9(6)15-10/h3-4H,5H2,1-2H3,(H2,12,13,14). The minimum absolute atomic E-state index is 0.0255. The summed E-state index contributed by atoms with van der Waals surface area (Å²) >= 11 is 5.96. The molecule has 0 amide bonds. The molecule has 0 bridgehead atoms. The predicted molar refractivity (Wildman–Crippen MR) is 61.2 cm³/mol. The third kappa shape index (κ3) is 2.03. The van der Waals surface area contributed by atoms with Gasteiger partial charge in [0.2, 0.25) is 10.0 Å². The van der Waals surface area contributed by atoms with Crippen LogP contribution in [0.15, 0.2) is 17.0 Å². The summed E-state index contributed by atoms with van der Waals surface area (Å²) in [5, 5.41) is 5.34. The zero-order valence-corrected chi connectivity index (χ0v) is 10.5. The van der Waals surface area contributed by atoms with Gasteiger partial charge in [-0.05, 0) is 26.0 Å². The smallest absolute Gasteiger partial charge is 0.238 e. The maximum atomic E-state index is 11.2. The number of ether oxygens (including phenoxy) is 1. The molecule has 1 aliphatic heterocycles. The van der Waals surface area contributed by atoms with Crippen LogP contribution < -0.4 is 9.88 Å². The minimum Gasteiger partial charge on any atom is -0.486 e. The van der Waals surface area contributed by atoms with Gasteiger partial charge in [-0.2, -0.15) is 0 Å².